The van der Waals surface area contributed by atoms with E-state index in [-0.39, 0.29) is 12.0 Å². The van der Waals surface area contributed by atoms with Crippen LogP contribution in [0.1, 0.15) is 23.3 Å². The third-order valence-electron chi connectivity index (χ3n) is 3.57. The summed E-state index contributed by atoms with van der Waals surface area (Å²) in [6.45, 7) is 4.75. The monoisotopic (exact) mass is 302 g/mol. The van der Waals surface area contributed by atoms with Gasteiger partial charge >= 0.3 is 0 Å². The van der Waals surface area contributed by atoms with Crippen LogP contribution in [0.5, 0.6) is 0 Å². The maximum Gasteiger partial charge on any atom is 0.255 e. The zero-order valence-electron chi connectivity index (χ0n) is 12.2. The smallest absolute Gasteiger partial charge is 0.255 e. The molecule has 1 N–H and O–H groups in total. The number of carbonyl (C=O) groups excluding carboxylic acids is 1. The number of carbonyl (C=O) groups is 1. The highest BCUT2D eigenvalue weighted by Crippen LogP contribution is 2.30. The summed E-state index contributed by atoms with van der Waals surface area (Å²) >= 11 is 1.50. The number of anilines is 1. The predicted molar refractivity (Wildman–Crippen MR) is 84.6 cm³/mol. The topological polar surface area (TPSA) is 51.2 Å². The van der Waals surface area contributed by atoms with Gasteiger partial charge in [0, 0.05) is 17.0 Å². The van der Waals surface area contributed by atoms with Gasteiger partial charge < -0.3 is 4.74 Å². The summed E-state index contributed by atoms with van der Waals surface area (Å²) in [6, 6.07) is 8.25. The van der Waals surface area contributed by atoms with Crippen LogP contribution in [0, 0.1) is 13.8 Å². The van der Waals surface area contributed by atoms with Crippen molar-refractivity contribution in [1.82, 2.24) is 4.98 Å². The SMILES string of the molecule is Cc1ccc(-c2nc(NC(=O)C3CCCO3)sc2C)cc1. The molecule has 0 aliphatic carbocycles. The summed E-state index contributed by atoms with van der Waals surface area (Å²) in [4.78, 5) is 17.7. The van der Waals surface area contributed by atoms with Gasteiger partial charge in [-0.05, 0) is 26.7 Å². The molecule has 1 fully saturated rings. The Morgan fingerprint density at radius 3 is 2.76 bits per heavy atom. The molecular weight excluding hydrogens is 284 g/mol. The van der Waals surface area contributed by atoms with Crippen LogP contribution in [0.15, 0.2) is 24.3 Å². The predicted octanol–water partition coefficient (Wildman–Crippen LogP) is 3.54. The molecule has 2 heterocycles. The normalized spacial score (nSPS) is 17.9. The second-order valence-corrected chi connectivity index (χ2v) is 6.48. The Kier molecular flexibility index (Phi) is 4.03. The molecule has 0 bridgehead atoms. The van der Waals surface area contributed by atoms with Gasteiger partial charge in [0.2, 0.25) is 0 Å². The molecule has 110 valence electrons. The molecular formula is C16H18N2O2S. The van der Waals surface area contributed by atoms with Crippen LogP contribution in [0.2, 0.25) is 0 Å². The van der Waals surface area contributed by atoms with Crippen LogP contribution < -0.4 is 5.32 Å². The van der Waals surface area contributed by atoms with Crippen molar-refractivity contribution in [2.24, 2.45) is 0 Å². The number of benzene rings is 1. The van der Waals surface area contributed by atoms with Crippen LogP contribution in [0.3, 0.4) is 0 Å². The fourth-order valence-corrected chi connectivity index (χ4v) is 3.24. The number of hydrogen-bond acceptors (Lipinski definition) is 4. The molecule has 1 unspecified atom stereocenters. The van der Waals surface area contributed by atoms with Gasteiger partial charge in [0.15, 0.2) is 5.13 Å². The van der Waals surface area contributed by atoms with Crippen molar-refractivity contribution in [3.63, 3.8) is 0 Å². The zero-order valence-corrected chi connectivity index (χ0v) is 13.0. The number of aromatic nitrogens is 1. The van der Waals surface area contributed by atoms with Gasteiger partial charge in [-0.2, -0.15) is 0 Å². The summed E-state index contributed by atoms with van der Waals surface area (Å²) in [5.41, 5.74) is 3.23. The average Bonchev–Trinajstić information content (AvgIpc) is 3.10. The fourth-order valence-electron chi connectivity index (χ4n) is 2.40. The molecule has 0 saturated carbocycles. The first-order chi connectivity index (χ1) is 10.1. The zero-order chi connectivity index (χ0) is 14.8. The lowest BCUT2D eigenvalue weighted by molar-refractivity contribution is -0.124. The van der Waals surface area contributed by atoms with Crippen molar-refractivity contribution in [2.75, 3.05) is 11.9 Å². The van der Waals surface area contributed by atoms with Gasteiger partial charge in [-0.1, -0.05) is 29.8 Å². The highest BCUT2D eigenvalue weighted by Gasteiger charge is 2.24. The number of amides is 1. The first kappa shape index (κ1) is 14.2. The summed E-state index contributed by atoms with van der Waals surface area (Å²) in [7, 11) is 0. The minimum absolute atomic E-state index is 0.0864. The van der Waals surface area contributed by atoms with Crippen LogP contribution >= 0.6 is 11.3 Å². The average molecular weight is 302 g/mol. The van der Waals surface area contributed by atoms with Crippen molar-refractivity contribution >= 4 is 22.4 Å². The molecule has 1 aromatic heterocycles. The van der Waals surface area contributed by atoms with E-state index in [1.807, 2.05) is 6.92 Å². The Morgan fingerprint density at radius 1 is 1.33 bits per heavy atom. The summed E-state index contributed by atoms with van der Waals surface area (Å²) < 4.78 is 5.39. The minimum Gasteiger partial charge on any atom is -0.368 e. The van der Waals surface area contributed by atoms with Crippen LogP contribution in [-0.2, 0) is 9.53 Å². The molecule has 0 spiro atoms. The van der Waals surface area contributed by atoms with Gasteiger partial charge in [0.25, 0.3) is 5.91 Å². The van der Waals surface area contributed by atoms with Crippen molar-refractivity contribution in [2.45, 2.75) is 32.8 Å². The van der Waals surface area contributed by atoms with E-state index in [1.54, 1.807) is 0 Å². The van der Waals surface area contributed by atoms with E-state index < -0.39 is 0 Å². The molecule has 4 nitrogen and oxygen atoms in total. The van der Waals surface area contributed by atoms with Gasteiger partial charge in [-0.25, -0.2) is 4.98 Å². The van der Waals surface area contributed by atoms with Crippen LogP contribution in [0.4, 0.5) is 5.13 Å². The molecule has 5 heteroatoms. The Labute approximate surface area is 128 Å². The quantitative estimate of drug-likeness (QED) is 0.943. The summed E-state index contributed by atoms with van der Waals surface area (Å²) in [5.74, 6) is -0.0864. The Hall–Kier alpha value is -1.72. The lowest BCUT2D eigenvalue weighted by Crippen LogP contribution is -2.26. The van der Waals surface area contributed by atoms with Gasteiger partial charge in [-0.3, -0.25) is 10.1 Å². The Bertz CT molecular complexity index is 643. The number of ether oxygens (including phenoxy) is 1. The third kappa shape index (κ3) is 3.14. The van der Waals surface area contributed by atoms with E-state index in [4.69, 9.17) is 4.74 Å². The molecule has 0 radical (unpaired) electrons. The van der Waals surface area contributed by atoms with Crippen molar-refractivity contribution in [3.8, 4) is 11.3 Å². The standard InChI is InChI=1S/C16H18N2O2S/c1-10-5-7-12(8-6-10)14-11(2)21-16(17-14)18-15(19)13-4-3-9-20-13/h5-8,13H,3-4,9H2,1-2H3,(H,17,18,19). The third-order valence-corrected chi connectivity index (χ3v) is 4.46. The summed E-state index contributed by atoms with van der Waals surface area (Å²) in [6.07, 6.45) is 1.42. The molecule has 3 rings (SSSR count). The minimum atomic E-state index is -0.322. The molecule has 2 aromatic rings. The number of nitrogens with zero attached hydrogens (tertiary/aromatic N) is 1. The van der Waals surface area contributed by atoms with E-state index in [0.717, 1.165) is 29.0 Å². The van der Waals surface area contributed by atoms with Crippen LogP contribution in [-0.4, -0.2) is 23.6 Å². The lowest BCUT2D eigenvalue weighted by Gasteiger charge is -2.07. The molecule has 1 aromatic carbocycles. The van der Waals surface area contributed by atoms with Crippen LogP contribution in [0.25, 0.3) is 11.3 Å². The Morgan fingerprint density at radius 2 is 2.10 bits per heavy atom. The lowest BCUT2D eigenvalue weighted by atomic mass is 10.1. The van der Waals surface area contributed by atoms with Gasteiger partial charge in [0.1, 0.15) is 6.10 Å². The van der Waals surface area contributed by atoms with E-state index in [9.17, 15) is 4.79 Å². The highest BCUT2D eigenvalue weighted by atomic mass is 32.1. The Balaban J connectivity index is 1.77. The molecule has 1 amide bonds. The number of aryl methyl sites for hydroxylation is 2. The second-order valence-electron chi connectivity index (χ2n) is 5.28. The van der Waals surface area contributed by atoms with Gasteiger partial charge in [-0.15, -0.1) is 11.3 Å². The van der Waals surface area contributed by atoms with E-state index in [1.165, 1.54) is 16.9 Å². The molecule has 21 heavy (non-hydrogen) atoms. The molecule has 1 atom stereocenters. The first-order valence-electron chi connectivity index (χ1n) is 7.10. The molecule has 1 aliphatic rings. The van der Waals surface area contributed by atoms with Crippen molar-refractivity contribution in [1.29, 1.82) is 0 Å². The van der Waals surface area contributed by atoms with E-state index >= 15 is 0 Å². The van der Waals surface area contributed by atoms with Gasteiger partial charge in [0.05, 0.1) is 5.69 Å². The molecule has 1 aliphatic heterocycles. The van der Waals surface area contributed by atoms with Crippen molar-refractivity contribution in [3.05, 3.63) is 34.7 Å². The maximum atomic E-state index is 12.0. The van der Waals surface area contributed by atoms with E-state index in [0.29, 0.717) is 11.7 Å². The molecule has 1 saturated heterocycles. The van der Waals surface area contributed by atoms with Crippen molar-refractivity contribution < 1.29 is 9.53 Å². The first-order valence-corrected chi connectivity index (χ1v) is 7.92. The number of hydrogen-bond donors (Lipinski definition) is 1. The number of rotatable bonds is 3. The summed E-state index contributed by atoms with van der Waals surface area (Å²) in [5, 5.41) is 3.51. The largest absolute Gasteiger partial charge is 0.368 e. The van der Waals surface area contributed by atoms with E-state index in [2.05, 4.69) is 41.5 Å². The second kappa shape index (κ2) is 5.95. The fraction of sp³-hybridized carbons (Fsp3) is 0.375. The maximum absolute atomic E-state index is 12.0. The number of thiazole rings is 1. The highest BCUT2D eigenvalue weighted by molar-refractivity contribution is 7.16. The number of nitrogens with one attached hydrogen (secondary N) is 1.